The first kappa shape index (κ1) is 18.9. The van der Waals surface area contributed by atoms with Crippen molar-refractivity contribution in [3.05, 3.63) is 115 Å². The minimum atomic E-state index is 0.591. The Balaban J connectivity index is 1.37. The van der Waals surface area contributed by atoms with E-state index in [1.54, 1.807) is 6.20 Å². The van der Waals surface area contributed by atoms with Crippen molar-refractivity contribution >= 4 is 11.4 Å². The molecular formula is C27H23N3O. The number of nitrogens with zero attached hydrogens (tertiary/aromatic N) is 3. The maximum atomic E-state index is 5.90. The van der Waals surface area contributed by atoms with Crippen LogP contribution in [0.5, 0.6) is 11.6 Å². The van der Waals surface area contributed by atoms with Gasteiger partial charge in [0.15, 0.2) is 0 Å². The summed E-state index contributed by atoms with van der Waals surface area (Å²) >= 11 is 0. The fourth-order valence-electron chi connectivity index (χ4n) is 3.76. The van der Waals surface area contributed by atoms with Gasteiger partial charge in [0.05, 0.1) is 12.4 Å². The molecule has 4 nitrogen and oxygen atoms in total. The lowest BCUT2D eigenvalue weighted by molar-refractivity contribution is 0.462. The summed E-state index contributed by atoms with van der Waals surface area (Å²) in [6.45, 7) is 0.781. The molecule has 4 aromatic rings. The van der Waals surface area contributed by atoms with Gasteiger partial charge in [-0.1, -0.05) is 66.7 Å². The van der Waals surface area contributed by atoms with E-state index >= 15 is 0 Å². The first-order valence-corrected chi connectivity index (χ1v) is 10.3. The summed E-state index contributed by atoms with van der Waals surface area (Å²) in [7, 11) is 2.12. The standard InChI is InChI=1S/C27H23N3O/c1-29-20-30(24-10-7-11-25(18-24)31-27-12-5-6-17-28-27)19-26(29)23-15-13-22(14-16-23)21-8-3-2-4-9-21/h2-19H,20H2,1H3. The molecule has 0 radical (unpaired) electrons. The third kappa shape index (κ3) is 4.14. The quantitative estimate of drug-likeness (QED) is 0.392. The van der Waals surface area contributed by atoms with Crippen molar-refractivity contribution in [2.45, 2.75) is 0 Å². The van der Waals surface area contributed by atoms with Gasteiger partial charge in [0.1, 0.15) is 5.75 Å². The van der Waals surface area contributed by atoms with E-state index in [0.717, 1.165) is 18.1 Å². The van der Waals surface area contributed by atoms with Crippen LogP contribution < -0.4 is 9.64 Å². The third-order valence-corrected chi connectivity index (χ3v) is 5.35. The molecule has 0 amide bonds. The van der Waals surface area contributed by atoms with Crippen LogP contribution in [0.1, 0.15) is 5.56 Å². The zero-order chi connectivity index (χ0) is 21.0. The Morgan fingerprint density at radius 3 is 2.26 bits per heavy atom. The van der Waals surface area contributed by atoms with E-state index in [4.69, 9.17) is 4.74 Å². The van der Waals surface area contributed by atoms with Crippen molar-refractivity contribution in [1.29, 1.82) is 0 Å². The molecule has 0 spiro atoms. The van der Waals surface area contributed by atoms with E-state index in [2.05, 4.69) is 82.6 Å². The molecule has 1 aliphatic heterocycles. The number of aromatic nitrogens is 1. The largest absolute Gasteiger partial charge is 0.439 e. The Bertz CT molecular complexity index is 1190. The van der Waals surface area contributed by atoms with Crippen LogP contribution in [-0.2, 0) is 0 Å². The van der Waals surface area contributed by atoms with E-state index in [1.807, 2.05) is 42.5 Å². The Hall–Kier alpha value is -4.05. The highest BCUT2D eigenvalue weighted by molar-refractivity contribution is 5.74. The molecule has 0 aliphatic carbocycles. The Morgan fingerprint density at radius 1 is 0.742 bits per heavy atom. The van der Waals surface area contributed by atoms with Crippen LogP contribution in [0.15, 0.2) is 109 Å². The predicted molar refractivity (Wildman–Crippen MR) is 126 cm³/mol. The molecule has 0 bridgehead atoms. The Kier molecular flexibility index (Phi) is 5.11. The maximum Gasteiger partial charge on any atom is 0.219 e. The molecular weight excluding hydrogens is 382 g/mol. The second-order valence-corrected chi connectivity index (χ2v) is 7.53. The summed E-state index contributed by atoms with van der Waals surface area (Å²) in [6.07, 6.45) is 3.92. The molecule has 5 rings (SSSR count). The van der Waals surface area contributed by atoms with E-state index in [1.165, 1.54) is 22.4 Å². The molecule has 1 aliphatic rings. The summed E-state index contributed by atoms with van der Waals surface area (Å²) in [5.41, 5.74) is 5.92. The zero-order valence-electron chi connectivity index (χ0n) is 17.3. The molecule has 3 aromatic carbocycles. The molecule has 0 N–H and O–H groups in total. The van der Waals surface area contributed by atoms with E-state index < -0.39 is 0 Å². The van der Waals surface area contributed by atoms with Crippen LogP contribution in [0.2, 0.25) is 0 Å². The number of anilines is 1. The number of pyridine rings is 1. The minimum Gasteiger partial charge on any atom is -0.439 e. The molecule has 0 saturated heterocycles. The normalized spacial score (nSPS) is 13.3. The lowest BCUT2D eigenvalue weighted by Crippen LogP contribution is -2.22. The maximum absolute atomic E-state index is 5.90. The van der Waals surface area contributed by atoms with E-state index in [0.29, 0.717) is 5.88 Å². The van der Waals surface area contributed by atoms with E-state index in [-0.39, 0.29) is 0 Å². The average molecular weight is 406 g/mol. The summed E-state index contributed by atoms with van der Waals surface area (Å²) in [4.78, 5) is 8.72. The second kappa shape index (κ2) is 8.36. The molecule has 0 saturated carbocycles. The summed E-state index contributed by atoms with van der Waals surface area (Å²) in [5.74, 6) is 1.36. The fourth-order valence-corrected chi connectivity index (χ4v) is 3.76. The highest BCUT2D eigenvalue weighted by atomic mass is 16.5. The summed E-state index contributed by atoms with van der Waals surface area (Å²) in [6, 6.07) is 32.9. The lowest BCUT2D eigenvalue weighted by atomic mass is 10.0. The van der Waals surface area contributed by atoms with E-state index in [9.17, 15) is 0 Å². The predicted octanol–water partition coefficient (Wildman–Crippen LogP) is 6.25. The van der Waals surface area contributed by atoms with Gasteiger partial charge in [-0.05, 0) is 34.9 Å². The number of ether oxygens (including phenoxy) is 1. The molecule has 0 fully saturated rings. The van der Waals surface area contributed by atoms with Crippen LogP contribution in [0, 0.1) is 0 Å². The van der Waals surface area contributed by atoms with Gasteiger partial charge < -0.3 is 14.5 Å². The third-order valence-electron chi connectivity index (χ3n) is 5.35. The zero-order valence-corrected chi connectivity index (χ0v) is 17.3. The highest BCUT2D eigenvalue weighted by Gasteiger charge is 2.20. The number of hydrogen-bond donors (Lipinski definition) is 0. The fraction of sp³-hybridized carbons (Fsp3) is 0.0741. The van der Waals surface area contributed by atoms with Crippen LogP contribution in [-0.4, -0.2) is 23.6 Å². The Labute approximate surface area is 182 Å². The number of hydrogen-bond acceptors (Lipinski definition) is 4. The first-order valence-electron chi connectivity index (χ1n) is 10.3. The molecule has 152 valence electrons. The van der Waals surface area contributed by atoms with Crippen molar-refractivity contribution in [3.8, 4) is 22.8 Å². The highest BCUT2D eigenvalue weighted by Crippen LogP contribution is 2.32. The van der Waals surface area contributed by atoms with Gasteiger partial charge in [0, 0.05) is 37.3 Å². The molecule has 0 atom stereocenters. The Morgan fingerprint density at radius 2 is 1.48 bits per heavy atom. The summed E-state index contributed by atoms with van der Waals surface area (Å²) in [5, 5.41) is 0. The van der Waals surface area contributed by atoms with Crippen LogP contribution in [0.3, 0.4) is 0 Å². The van der Waals surface area contributed by atoms with Crippen LogP contribution >= 0.6 is 0 Å². The van der Waals surface area contributed by atoms with Gasteiger partial charge in [-0.25, -0.2) is 4.98 Å². The molecule has 31 heavy (non-hydrogen) atoms. The lowest BCUT2D eigenvalue weighted by Gasteiger charge is -2.20. The van der Waals surface area contributed by atoms with Crippen molar-refractivity contribution in [2.24, 2.45) is 0 Å². The molecule has 1 aromatic heterocycles. The van der Waals surface area contributed by atoms with Gasteiger partial charge in [0.2, 0.25) is 5.88 Å². The van der Waals surface area contributed by atoms with Crippen LogP contribution in [0.25, 0.3) is 16.8 Å². The van der Waals surface area contributed by atoms with Crippen molar-refractivity contribution in [2.75, 3.05) is 18.6 Å². The minimum absolute atomic E-state index is 0.591. The smallest absolute Gasteiger partial charge is 0.219 e. The van der Waals surface area contributed by atoms with Gasteiger partial charge >= 0.3 is 0 Å². The van der Waals surface area contributed by atoms with Crippen LogP contribution in [0.4, 0.5) is 5.69 Å². The van der Waals surface area contributed by atoms with Gasteiger partial charge in [-0.2, -0.15) is 0 Å². The average Bonchev–Trinajstić information content (AvgIpc) is 3.22. The molecule has 0 unspecified atom stereocenters. The SMILES string of the molecule is CN1CN(c2cccc(Oc3ccccn3)c2)C=C1c1ccc(-c2ccccc2)cc1. The number of rotatable bonds is 5. The van der Waals surface area contributed by atoms with Gasteiger partial charge in [-0.15, -0.1) is 0 Å². The summed E-state index contributed by atoms with van der Waals surface area (Å²) < 4.78 is 5.90. The monoisotopic (exact) mass is 405 g/mol. The second-order valence-electron chi connectivity index (χ2n) is 7.53. The van der Waals surface area contributed by atoms with Gasteiger partial charge in [0.25, 0.3) is 0 Å². The van der Waals surface area contributed by atoms with Crippen molar-refractivity contribution in [3.63, 3.8) is 0 Å². The first-order chi connectivity index (χ1) is 15.3. The molecule has 2 heterocycles. The van der Waals surface area contributed by atoms with Gasteiger partial charge in [-0.3, -0.25) is 0 Å². The van der Waals surface area contributed by atoms with Crippen molar-refractivity contribution in [1.82, 2.24) is 9.88 Å². The van der Waals surface area contributed by atoms with Crippen molar-refractivity contribution < 1.29 is 4.74 Å². The topological polar surface area (TPSA) is 28.6 Å². The molecule has 4 heteroatoms. The number of benzene rings is 3.